The third-order valence-electron chi connectivity index (χ3n) is 3.20. The van der Waals surface area contributed by atoms with Crippen LogP contribution in [0.5, 0.6) is 0 Å². The number of imidazole rings is 1. The molecule has 2 heterocycles. The minimum absolute atomic E-state index is 0.0953. The van der Waals surface area contributed by atoms with E-state index in [1.807, 2.05) is 18.2 Å². The molecule has 1 unspecified atom stereocenters. The van der Waals surface area contributed by atoms with Crippen LogP contribution in [0.25, 0.3) is 11.0 Å². The van der Waals surface area contributed by atoms with Gasteiger partial charge in [0.1, 0.15) is 5.82 Å². The molecule has 0 aliphatic carbocycles. The molecule has 0 fully saturated rings. The monoisotopic (exact) mass is 273 g/mol. The summed E-state index contributed by atoms with van der Waals surface area (Å²) in [4.78, 5) is 5.68. The quantitative estimate of drug-likeness (QED) is 0.790. The molecule has 0 aliphatic heterocycles. The van der Waals surface area contributed by atoms with Gasteiger partial charge in [-0.25, -0.2) is 4.98 Å². The highest BCUT2D eigenvalue weighted by Gasteiger charge is 2.15. The number of nitrogens with zero attached hydrogens (tertiary/aromatic N) is 4. The van der Waals surface area contributed by atoms with Crippen LogP contribution in [0.3, 0.4) is 0 Å². The first-order chi connectivity index (χ1) is 9.29. The van der Waals surface area contributed by atoms with E-state index in [0.29, 0.717) is 6.42 Å². The van der Waals surface area contributed by atoms with Gasteiger partial charge in [0.2, 0.25) is 0 Å². The van der Waals surface area contributed by atoms with Crippen molar-refractivity contribution in [2.45, 2.75) is 25.9 Å². The summed E-state index contributed by atoms with van der Waals surface area (Å²) in [6.45, 7) is 3.01. The zero-order valence-corrected chi connectivity index (χ0v) is 11.5. The van der Waals surface area contributed by atoms with Crippen molar-refractivity contribution in [2.24, 2.45) is 5.73 Å². The lowest BCUT2D eigenvalue weighted by Gasteiger charge is -2.10. The summed E-state index contributed by atoms with van der Waals surface area (Å²) < 4.78 is 6.07. The fraction of sp³-hybridized carbons (Fsp3) is 0.308. The molecule has 0 amide bonds. The molecule has 0 aliphatic rings. The van der Waals surface area contributed by atoms with Crippen LogP contribution in [0.1, 0.15) is 23.7 Å². The van der Waals surface area contributed by atoms with Gasteiger partial charge < -0.3 is 10.3 Å². The minimum atomic E-state index is -0.0953. The lowest BCUT2D eigenvalue weighted by atomic mass is 10.2. The van der Waals surface area contributed by atoms with E-state index in [4.69, 9.17) is 5.73 Å². The summed E-state index contributed by atoms with van der Waals surface area (Å²) >= 11 is 1.35. The average Bonchev–Trinajstić information content (AvgIpc) is 3.05. The van der Waals surface area contributed by atoms with Gasteiger partial charge in [0, 0.05) is 19.0 Å². The second-order valence-electron chi connectivity index (χ2n) is 4.39. The largest absolute Gasteiger partial charge is 0.328 e. The van der Waals surface area contributed by atoms with Gasteiger partial charge in [-0.3, -0.25) is 0 Å². The molecular weight excluding hydrogens is 258 g/mol. The number of nitrogens with two attached hydrogens (primary N) is 1. The Balaban J connectivity index is 1.96. The normalized spacial score (nSPS) is 12.9. The van der Waals surface area contributed by atoms with E-state index in [9.17, 15) is 0 Å². The maximum absolute atomic E-state index is 6.19. The van der Waals surface area contributed by atoms with E-state index in [0.717, 1.165) is 28.3 Å². The Bertz CT molecular complexity index is 673. The zero-order valence-electron chi connectivity index (χ0n) is 10.7. The standard InChI is InChI=1S/C13H15N5S/c1-2-18-11-6-4-3-5-10(11)16-13(18)7-9(14)12-8-15-17-19-12/h3-6,8-9H,2,7,14H2,1H3. The summed E-state index contributed by atoms with van der Waals surface area (Å²) in [6, 6.07) is 8.07. The summed E-state index contributed by atoms with van der Waals surface area (Å²) in [6.07, 6.45) is 2.43. The summed E-state index contributed by atoms with van der Waals surface area (Å²) in [7, 11) is 0. The fourth-order valence-electron chi connectivity index (χ4n) is 2.27. The summed E-state index contributed by atoms with van der Waals surface area (Å²) in [5.41, 5.74) is 8.38. The molecule has 2 N–H and O–H groups in total. The van der Waals surface area contributed by atoms with Crippen molar-refractivity contribution in [1.29, 1.82) is 0 Å². The van der Waals surface area contributed by atoms with Crippen LogP contribution in [0, 0.1) is 0 Å². The van der Waals surface area contributed by atoms with Gasteiger partial charge in [0.25, 0.3) is 0 Å². The molecule has 0 saturated carbocycles. The van der Waals surface area contributed by atoms with Crippen LogP contribution in [0.2, 0.25) is 0 Å². The average molecular weight is 273 g/mol. The highest BCUT2D eigenvalue weighted by Crippen LogP contribution is 2.21. The number of aryl methyl sites for hydroxylation is 1. The van der Waals surface area contributed by atoms with E-state index in [1.165, 1.54) is 11.5 Å². The Hall–Kier alpha value is -1.79. The lowest BCUT2D eigenvalue weighted by molar-refractivity contribution is 0.643. The van der Waals surface area contributed by atoms with Gasteiger partial charge in [-0.1, -0.05) is 16.6 Å². The Kier molecular flexibility index (Phi) is 3.27. The lowest BCUT2D eigenvalue weighted by Crippen LogP contribution is -2.15. The minimum Gasteiger partial charge on any atom is -0.328 e. The number of fused-ring (bicyclic) bond motifs is 1. The van der Waals surface area contributed by atoms with E-state index in [1.54, 1.807) is 6.20 Å². The predicted molar refractivity (Wildman–Crippen MR) is 75.9 cm³/mol. The molecule has 3 rings (SSSR count). The second kappa shape index (κ2) is 5.07. The second-order valence-corrected chi connectivity index (χ2v) is 5.21. The van der Waals surface area contributed by atoms with E-state index < -0.39 is 0 Å². The maximum atomic E-state index is 6.19. The molecule has 5 nitrogen and oxygen atoms in total. The van der Waals surface area contributed by atoms with Gasteiger partial charge in [0.15, 0.2) is 0 Å². The zero-order chi connectivity index (χ0) is 13.2. The Labute approximate surface area is 115 Å². The third kappa shape index (κ3) is 2.24. The van der Waals surface area contributed by atoms with Gasteiger partial charge >= 0.3 is 0 Å². The topological polar surface area (TPSA) is 69.6 Å². The summed E-state index contributed by atoms with van der Waals surface area (Å²) in [5.74, 6) is 1.02. The molecule has 3 aromatic rings. The SMILES string of the molecule is CCn1c(CC(N)c2cnns2)nc2ccccc21. The van der Waals surface area contributed by atoms with E-state index in [-0.39, 0.29) is 6.04 Å². The molecular formula is C13H15N5S. The number of hydrogen-bond donors (Lipinski definition) is 1. The van der Waals surface area contributed by atoms with E-state index in [2.05, 4.69) is 32.1 Å². The molecule has 6 heteroatoms. The molecule has 0 radical (unpaired) electrons. The van der Waals surface area contributed by atoms with Crippen LogP contribution >= 0.6 is 11.5 Å². The fourth-order valence-corrected chi connectivity index (χ4v) is 2.77. The van der Waals surface area contributed by atoms with Gasteiger partial charge in [-0.2, -0.15) is 0 Å². The predicted octanol–water partition coefficient (Wildman–Crippen LogP) is 2.15. The van der Waals surface area contributed by atoms with E-state index >= 15 is 0 Å². The molecule has 0 bridgehead atoms. The first-order valence-electron chi connectivity index (χ1n) is 6.26. The Morgan fingerprint density at radius 2 is 2.21 bits per heavy atom. The third-order valence-corrected chi connectivity index (χ3v) is 3.99. The number of hydrogen-bond acceptors (Lipinski definition) is 5. The maximum Gasteiger partial charge on any atom is 0.111 e. The molecule has 98 valence electrons. The van der Waals surface area contributed by atoms with Crippen LogP contribution < -0.4 is 5.73 Å². The number of para-hydroxylation sites is 2. The van der Waals surface area contributed by atoms with Crippen molar-refractivity contribution in [3.05, 3.63) is 41.2 Å². The van der Waals surface area contributed by atoms with Crippen LogP contribution in [0.15, 0.2) is 30.5 Å². The number of benzene rings is 1. The Morgan fingerprint density at radius 3 is 2.95 bits per heavy atom. The Morgan fingerprint density at radius 1 is 1.37 bits per heavy atom. The van der Waals surface area contributed by atoms with Crippen molar-refractivity contribution in [3.63, 3.8) is 0 Å². The van der Waals surface area contributed by atoms with Gasteiger partial charge in [0.05, 0.1) is 22.1 Å². The molecule has 1 atom stereocenters. The molecule has 0 spiro atoms. The van der Waals surface area contributed by atoms with Gasteiger partial charge in [-0.15, -0.1) is 5.10 Å². The van der Waals surface area contributed by atoms with Crippen molar-refractivity contribution in [3.8, 4) is 0 Å². The smallest absolute Gasteiger partial charge is 0.111 e. The molecule has 19 heavy (non-hydrogen) atoms. The number of aromatic nitrogens is 4. The van der Waals surface area contributed by atoms with Crippen molar-refractivity contribution < 1.29 is 0 Å². The highest BCUT2D eigenvalue weighted by atomic mass is 32.1. The summed E-state index contributed by atoms with van der Waals surface area (Å²) in [5, 5.41) is 3.83. The van der Waals surface area contributed by atoms with Crippen molar-refractivity contribution in [1.82, 2.24) is 19.1 Å². The molecule has 2 aromatic heterocycles. The molecule has 1 aromatic carbocycles. The van der Waals surface area contributed by atoms with Crippen molar-refractivity contribution in [2.75, 3.05) is 0 Å². The molecule has 0 saturated heterocycles. The highest BCUT2D eigenvalue weighted by molar-refractivity contribution is 7.05. The first kappa shape index (κ1) is 12.3. The number of rotatable bonds is 4. The van der Waals surface area contributed by atoms with Crippen LogP contribution in [0.4, 0.5) is 0 Å². The van der Waals surface area contributed by atoms with Crippen LogP contribution in [-0.2, 0) is 13.0 Å². The van der Waals surface area contributed by atoms with Gasteiger partial charge in [-0.05, 0) is 30.6 Å². The first-order valence-corrected chi connectivity index (χ1v) is 7.04. The van der Waals surface area contributed by atoms with Crippen LogP contribution in [-0.4, -0.2) is 19.1 Å². The van der Waals surface area contributed by atoms with Crippen molar-refractivity contribution >= 4 is 22.6 Å².